The minimum Gasteiger partial charge on any atom is -0.436 e. The zero-order valence-electron chi connectivity index (χ0n) is 11.9. The lowest BCUT2D eigenvalue weighted by Crippen LogP contribution is -1.85. The Morgan fingerprint density at radius 2 is 1.50 bits per heavy atom. The zero-order chi connectivity index (χ0) is 14.5. The Hall–Kier alpha value is -2.87. The maximum atomic E-state index is 5.98. The van der Waals surface area contributed by atoms with E-state index in [1.54, 1.807) is 0 Å². The van der Waals surface area contributed by atoms with Crippen LogP contribution in [0.2, 0.25) is 0 Å². The summed E-state index contributed by atoms with van der Waals surface area (Å²) in [5.74, 6) is 0.703. The van der Waals surface area contributed by atoms with Gasteiger partial charge in [-0.25, -0.2) is 4.98 Å². The number of oxazole rings is 1. The Labute approximate surface area is 128 Å². The number of benzene rings is 3. The predicted molar refractivity (Wildman–Crippen MR) is 87.7 cm³/mol. The molecule has 2 nitrogen and oxygen atoms in total. The molecule has 22 heavy (non-hydrogen) atoms. The average Bonchev–Trinajstić information content (AvgIpc) is 3.15. The first-order valence-electron chi connectivity index (χ1n) is 7.46. The van der Waals surface area contributed by atoms with Gasteiger partial charge in [-0.3, -0.25) is 0 Å². The van der Waals surface area contributed by atoms with Crippen LogP contribution in [0.5, 0.6) is 0 Å². The van der Waals surface area contributed by atoms with Gasteiger partial charge in [-0.15, -0.1) is 0 Å². The van der Waals surface area contributed by atoms with E-state index in [0.717, 1.165) is 23.1 Å². The molecular formula is C20H13NO. The second kappa shape index (κ2) is 4.31. The van der Waals surface area contributed by atoms with Gasteiger partial charge in [0.15, 0.2) is 5.58 Å². The average molecular weight is 283 g/mol. The number of nitrogens with zero attached hydrogens (tertiary/aromatic N) is 1. The highest BCUT2D eigenvalue weighted by Gasteiger charge is 2.23. The monoisotopic (exact) mass is 283 g/mol. The summed E-state index contributed by atoms with van der Waals surface area (Å²) in [6.45, 7) is 0. The van der Waals surface area contributed by atoms with E-state index in [-0.39, 0.29) is 0 Å². The molecule has 3 aromatic carbocycles. The molecule has 0 spiro atoms. The lowest BCUT2D eigenvalue weighted by Gasteiger charge is -2.06. The summed E-state index contributed by atoms with van der Waals surface area (Å²) in [6.07, 6.45) is 0.986. The van der Waals surface area contributed by atoms with Gasteiger partial charge in [-0.2, -0.15) is 0 Å². The van der Waals surface area contributed by atoms with E-state index in [1.807, 2.05) is 24.3 Å². The van der Waals surface area contributed by atoms with Crippen molar-refractivity contribution in [1.82, 2.24) is 4.98 Å². The van der Waals surface area contributed by atoms with Crippen molar-refractivity contribution in [3.05, 3.63) is 77.9 Å². The van der Waals surface area contributed by atoms with Crippen LogP contribution in [-0.2, 0) is 6.42 Å². The van der Waals surface area contributed by atoms with Gasteiger partial charge in [0, 0.05) is 5.56 Å². The Kier molecular flexibility index (Phi) is 2.30. The van der Waals surface area contributed by atoms with Crippen molar-refractivity contribution in [3.8, 4) is 22.6 Å². The molecule has 0 saturated carbocycles. The summed E-state index contributed by atoms with van der Waals surface area (Å²) in [5.41, 5.74) is 8.11. The van der Waals surface area contributed by atoms with E-state index in [2.05, 4.69) is 47.4 Å². The van der Waals surface area contributed by atoms with Gasteiger partial charge < -0.3 is 4.42 Å². The first kappa shape index (κ1) is 11.8. The van der Waals surface area contributed by atoms with Crippen LogP contribution in [0.1, 0.15) is 11.1 Å². The predicted octanol–water partition coefficient (Wildman–Crippen LogP) is 5.07. The van der Waals surface area contributed by atoms with Crippen molar-refractivity contribution >= 4 is 11.1 Å². The number of hydrogen-bond donors (Lipinski definition) is 0. The molecule has 1 heterocycles. The lowest BCUT2D eigenvalue weighted by atomic mass is 9.99. The van der Waals surface area contributed by atoms with E-state index >= 15 is 0 Å². The number of para-hydroxylation sites is 2. The molecule has 1 aliphatic carbocycles. The molecule has 0 fully saturated rings. The van der Waals surface area contributed by atoms with E-state index in [4.69, 9.17) is 4.42 Å². The molecule has 1 aromatic heterocycles. The van der Waals surface area contributed by atoms with Crippen molar-refractivity contribution in [2.75, 3.05) is 0 Å². The topological polar surface area (TPSA) is 26.0 Å². The molecule has 4 aromatic rings. The van der Waals surface area contributed by atoms with Crippen LogP contribution in [0.3, 0.4) is 0 Å². The van der Waals surface area contributed by atoms with E-state index in [1.165, 1.54) is 22.3 Å². The number of rotatable bonds is 1. The number of aromatic nitrogens is 1. The minimum atomic E-state index is 0.703. The fraction of sp³-hybridized carbons (Fsp3) is 0.0500. The largest absolute Gasteiger partial charge is 0.436 e. The van der Waals surface area contributed by atoms with Crippen LogP contribution in [-0.4, -0.2) is 4.98 Å². The summed E-state index contributed by atoms with van der Waals surface area (Å²) < 4.78 is 5.98. The summed E-state index contributed by atoms with van der Waals surface area (Å²) in [6, 6.07) is 22.9. The molecule has 0 aliphatic heterocycles. The SMILES string of the molecule is c1ccc2c(c1)Cc1cccc(-c3nc4ccccc4o3)c1-2. The first-order chi connectivity index (χ1) is 10.9. The molecule has 0 unspecified atom stereocenters. The lowest BCUT2D eigenvalue weighted by molar-refractivity contribution is 0.620. The van der Waals surface area contributed by atoms with Crippen LogP contribution in [0.25, 0.3) is 33.7 Å². The Morgan fingerprint density at radius 3 is 2.45 bits per heavy atom. The maximum absolute atomic E-state index is 5.98. The molecule has 1 aliphatic rings. The molecular weight excluding hydrogens is 270 g/mol. The molecule has 2 heteroatoms. The van der Waals surface area contributed by atoms with Crippen LogP contribution < -0.4 is 0 Å². The van der Waals surface area contributed by atoms with Crippen molar-refractivity contribution < 1.29 is 4.42 Å². The van der Waals surface area contributed by atoms with E-state index < -0.39 is 0 Å². The van der Waals surface area contributed by atoms with Gasteiger partial charge in [0.25, 0.3) is 0 Å². The summed E-state index contributed by atoms with van der Waals surface area (Å²) in [7, 11) is 0. The number of fused-ring (bicyclic) bond motifs is 4. The van der Waals surface area contributed by atoms with Gasteiger partial charge in [-0.1, -0.05) is 48.5 Å². The van der Waals surface area contributed by atoms with Gasteiger partial charge in [-0.05, 0) is 46.9 Å². The second-order valence-electron chi connectivity index (χ2n) is 5.66. The third-order valence-corrected chi connectivity index (χ3v) is 4.34. The fourth-order valence-corrected chi connectivity index (χ4v) is 3.35. The highest BCUT2D eigenvalue weighted by molar-refractivity contribution is 5.89. The third-order valence-electron chi connectivity index (χ3n) is 4.34. The van der Waals surface area contributed by atoms with E-state index in [9.17, 15) is 0 Å². The van der Waals surface area contributed by atoms with Crippen LogP contribution >= 0.6 is 0 Å². The Bertz CT molecular complexity index is 980. The van der Waals surface area contributed by atoms with Gasteiger partial charge in [0.05, 0.1) is 0 Å². The highest BCUT2D eigenvalue weighted by atomic mass is 16.3. The molecule has 0 bridgehead atoms. The van der Waals surface area contributed by atoms with Crippen LogP contribution in [0.15, 0.2) is 71.1 Å². The third kappa shape index (κ3) is 1.58. The van der Waals surface area contributed by atoms with Crippen LogP contribution in [0.4, 0.5) is 0 Å². The Morgan fingerprint density at radius 1 is 0.727 bits per heavy atom. The molecule has 0 radical (unpaired) electrons. The number of hydrogen-bond acceptors (Lipinski definition) is 2. The van der Waals surface area contributed by atoms with Gasteiger partial charge in [0.1, 0.15) is 5.52 Å². The summed E-state index contributed by atoms with van der Waals surface area (Å²) in [4.78, 5) is 4.67. The normalized spacial score (nSPS) is 12.4. The summed E-state index contributed by atoms with van der Waals surface area (Å²) in [5, 5.41) is 0. The first-order valence-corrected chi connectivity index (χ1v) is 7.46. The molecule has 0 N–H and O–H groups in total. The maximum Gasteiger partial charge on any atom is 0.227 e. The Balaban J connectivity index is 1.80. The van der Waals surface area contributed by atoms with Gasteiger partial charge in [0.2, 0.25) is 5.89 Å². The second-order valence-corrected chi connectivity index (χ2v) is 5.66. The van der Waals surface area contributed by atoms with Crippen molar-refractivity contribution in [2.45, 2.75) is 6.42 Å². The zero-order valence-corrected chi connectivity index (χ0v) is 11.9. The summed E-state index contributed by atoms with van der Waals surface area (Å²) >= 11 is 0. The minimum absolute atomic E-state index is 0.703. The van der Waals surface area contributed by atoms with Crippen molar-refractivity contribution in [3.63, 3.8) is 0 Å². The molecule has 5 rings (SSSR count). The smallest absolute Gasteiger partial charge is 0.227 e. The molecule has 0 saturated heterocycles. The van der Waals surface area contributed by atoms with Crippen molar-refractivity contribution in [1.29, 1.82) is 0 Å². The van der Waals surface area contributed by atoms with Crippen molar-refractivity contribution in [2.24, 2.45) is 0 Å². The quantitative estimate of drug-likeness (QED) is 0.429. The van der Waals surface area contributed by atoms with Gasteiger partial charge >= 0.3 is 0 Å². The fourth-order valence-electron chi connectivity index (χ4n) is 3.35. The molecule has 0 amide bonds. The highest BCUT2D eigenvalue weighted by Crippen LogP contribution is 2.42. The van der Waals surface area contributed by atoms with Crippen LogP contribution in [0, 0.1) is 0 Å². The van der Waals surface area contributed by atoms with E-state index in [0.29, 0.717) is 5.89 Å². The standard InChI is InChI=1S/C20H13NO/c1-2-8-15-13(6-1)12-14-7-5-9-16(19(14)15)20-21-17-10-3-4-11-18(17)22-20/h1-11H,12H2. The molecule has 104 valence electrons. The molecule has 0 atom stereocenters.